The van der Waals surface area contributed by atoms with Crippen LogP contribution in [0.1, 0.15) is 12.0 Å². The van der Waals surface area contributed by atoms with Gasteiger partial charge < -0.3 is 15.7 Å². The lowest BCUT2D eigenvalue weighted by Gasteiger charge is -2.13. The molecule has 0 aromatic carbocycles. The lowest BCUT2D eigenvalue weighted by molar-refractivity contribution is 0.231. The van der Waals surface area contributed by atoms with Crippen molar-refractivity contribution in [2.45, 2.75) is 19.0 Å². The van der Waals surface area contributed by atoms with E-state index < -0.39 is 0 Å². The van der Waals surface area contributed by atoms with Gasteiger partial charge in [-0.25, -0.2) is 4.79 Å². The minimum absolute atomic E-state index is 0.0367. The van der Waals surface area contributed by atoms with Crippen LogP contribution in [0.25, 0.3) is 0 Å². The van der Waals surface area contributed by atoms with Crippen LogP contribution in [0.2, 0.25) is 0 Å². The molecular formula is C12H16N2O2S. The zero-order chi connectivity index (χ0) is 12.1. The van der Waals surface area contributed by atoms with Crippen LogP contribution in [-0.4, -0.2) is 23.8 Å². The molecule has 92 valence electrons. The molecular weight excluding hydrogens is 236 g/mol. The minimum atomic E-state index is -0.163. The van der Waals surface area contributed by atoms with E-state index >= 15 is 0 Å². The average molecular weight is 252 g/mol. The second kappa shape index (κ2) is 5.84. The summed E-state index contributed by atoms with van der Waals surface area (Å²) in [5, 5.41) is 18.6. The summed E-state index contributed by atoms with van der Waals surface area (Å²) in [6.45, 7) is 0.695. The molecule has 2 rings (SSSR count). The monoisotopic (exact) mass is 252 g/mol. The van der Waals surface area contributed by atoms with Gasteiger partial charge in [0, 0.05) is 25.1 Å². The van der Waals surface area contributed by atoms with Crippen molar-refractivity contribution in [1.82, 2.24) is 10.6 Å². The highest BCUT2D eigenvalue weighted by Crippen LogP contribution is 2.16. The molecule has 1 aromatic heterocycles. The highest BCUT2D eigenvalue weighted by Gasteiger charge is 2.19. The first-order valence-corrected chi connectivity index (χ1v) is 6.57. The Labute approximate surface area is 104 Å². The Balaban J connectivity index is 1.70. The van der Waals surface area contributed by atoms with Gasteiger partial charge in [-0.3, -0.25) is 0 Å². The molecule has 1 aromatic rings. The Bertz CT molecular complexity index is 389. The number of hydrogen-bond acceptors (Lipinski definition) is 3. The molecule has 1 aliphatic carbocycles. The van der Waals surface area contributed by atoms with Gasteiger partial charge >= 0.3 is 6.03 Å². The Hall–Kier alpha value is -1.33. The topological polar surface area (TPSA) is 61.4 Å². The van der Waals surface area contributed by atoms with Gasteiger partial charge in [0.25, 0.3) is 0 Å². The fourth-order valence-corrected chi connectivity index (χ4v) is 2.48. The number of urea groups is 1. The Morgan fingerprint density at radius 2 is 2.41 bits per heavy atom. The maximum Gasteiger partial charge on any atom is 0.315 e. The van der Waals surface area contributed by atoms with Crippen molar-refractivity contribution < 1.29 is 9.90 Å². The molecule has 0 spiro atoms. The molecule has 5 heteroatoms. The zero-order valence-electron chi connectivity index (χ0n) is 9.43. The van der Waals surface area contributed by atoms with Crippen LogP contribution < -0.4 is 10.6 Å². The molecule has 17 heavy (non-hydrogen) atoms. The third-order valence-corrected chi connectivity index (χ3v) is 3.49. The maximum absolute atomic E-state index is 11.6. The fourth-order valence-electron chi connectivity index (χ4n) is 1.81. The van der Waals surface area contributed by atoms with Gasteiger partial charge in [0.1, 0.15) is 0 Å². The van der Waals surface area contributed by atoms with E-state index in [1.165, 1.54) is 0 Å². The van der Waals surface area contributed by atoms with Gasteiger partial charge in [0.2, 0.25) is 0 Å². The second-order valence-corrected chi connectivity index (χ2v) is 4.91. The van der Waals surface area contributed by atoms with E-state index in [1.807, 2.05) is 29.0 Å². The smallest absolute Gasteiger partial charge is 0.315 e. The molecule has 0 saturated carbocycles. The zero-order valence-corrected chi connectivity index (χ0v) is 10.2. The summed E-state index contributed by atoms with van der Waals surface area (Å²) in [6.07, 6.45) is 4.66. The van der Waals surface area contributed by atoms with Crippen LogP contribution in [0.5, 0.6) is 0 Å². The summed E-state index contributed by atoms with van der Waals surface area (Å²) in [7, 11) is 0. The summed E-state index contributed by atoms with van der Waals surface area (Å²) >= 11 is 1.62. The standard InChI is InChI=1S/C12H16N2O2S/c15-7-9-1-2-11(5-9)14-12(16)13-6-10-3-4-17-8-10/h1-4,8-9,11,15H,5-7H2,(H2,13,14,16)/t9-,11+/m0/s1. The van der Waals surface area contributed by atoms with Crippen LogP contribution >= 0.6 is 11.3 Å². The van der Waals surface area contributed by atoms with Gasteiger partial charge in [-0.05, 0) is 28.8 Å². The molecule has 0 fully saturated rings. The molecule has 1 heterocycles. The van der Waals surface area contributed by atoms with E-state index in [2.05, 4.69) is 10.6 Å². The van der Waals surface area contributed by atoms with Crippen LogP contribution in [0.4, 0.5) is 4.79 Å². The molecule has 3 N–H and O–H groups in total. The van der Waals surface area contributed by atoms with Crippen LogP contribution in [0.3, 0.4) is 0 Å². The molecule has 0 unspecified atom stereocenters. The number of rotatable bonds is 4. The minimum Gasteiger partial charge on any atom is -0.396 e. The molecule has 2 atom stereocenters. The SMILES string of the molecule is O=C(NCc1ccsc1)N[C@@H]1C=C[C@H](CO)C1. The molecule has 2 amide bonds. The highest BCUT2D eigenvalue weighted by atomic mass is 32.1. The average Bonchev–Trinajstić information content (AvgIpc) is 2.97. The van der Waals surface area contributed by atoms with Crippen molar-refractivity contribution >= 4 is 17.4 Å². The van der Waals surface area contributed by atoms with Gasteiger partial charge in [-0.2, -0.15) is 11.3 Å². The van der Waals surface area contributed by atoms with Gasteiger partial charge in [0.15, 0.2) is 0 Å². The summed E-state index contributed by atoms with van der Waals surface area (Å²) in [6, 6.07) is 1.86. The van der Waals surface area contributed by atoms with E-state index in [9.17, 15) is 4.79 Å². The quantitative estimate of drug-likeness (QED) is 0.711. The maximum atomic E-state index is 11.6. The summed E-state index contributed by atoms with van der Waals surface area (Å²) in [5.74, 6) is 0.178. The number of aliphatic hydroxyl groups is 1. The lowest BCUT2D eigenvalue weighted by atomic mass is 10.1. The first-order chi connectivity index (χ1) is 8.28. The van der Waals surface area contributed by atoms with Crippen molar-refractivity contribution in [3.05, 3.63) is 34.5 Å². The van der Waals surface area contributed by atoms with E-state index in [0.717, 1.165) is 12.0 Å². The van der Waals surface area contributed by atoms with E-state index in [0.29, 0.717) is 6.54 Å². The number of carbonyl (C=O) groups is 1. The van der Waals surface area contributed by atoms with E-state index in [1.54, 1.807) is 11.3 Å². The number of thiophene rings is 1. The molecule has 0 bridgehead atoms. The number of hydrogen-bond donors (Lipinski definition) is 3. The Morgan fingerprint density at radius 3 is 3.06 bits per heavy atom. The van der Waals surface area contributed by atoms with Gasteiger partial charge in [-0.1, -0.05) is 12.2 Å². The summed E-state index contributed by atoms with van der Waals surface area (Å²) in [4.78, 5) is 11.6. The van der Waals surface area contributed by atoms with Crippen molar-refractivity contribution in [3.8, 4) is 0 Å². The largest absolute Gasteiger partial charge is 0.396 e. The fraction of sp³-hybridized carbons (Fsp3) is 0.417. The predicted molar refractivity (Wildman–Crippen MR) is 67.8 cm³/mol. The Kier molecular flexibility index (Phi) is 4.17. The van der Waals surface area contributed by atoms with Gasteiger partial charge in [0.05, 0.1) is 0 Å². The first kappa shape index (κ1) is 12.1. The third kappa shape index (κ3) is 3.57. The molecule has 0 radical (unpaired) electrons. The van der Waals surface area contributed by atoms with Crippen molar-refractivity contribution in [2.24, 2.45) is 5.92 Å². The highest BCUT2D eigenvalue weighted by molar-refractivity contribution is 7.07. The van der Waals surface area contributed by atoms with Crippen LogP contribution in [0.15, 0.2) is 29.0 Å². The number of aliphatic hydroxyl groups excluding tert-OH is 1. The number of nitrogens with one attached hydrogen (secondary N) is 2. The van der Waals surface area contributed by atoms with Gasteiger partial charge in [-0.15, -0.1) is 0 Å². The Morgan fingerprint density at radius 1 is 1.53 bits per heavy atom. The predicted octanol–water partition coefficient (Wildman–Crippen LogP) is 1.48. The molecule has 4 nitrogen and oxygen atoms in total. The van der Waals surface area contributed by atoms with Crippen molar-refractivity contribution in [2.75, 3.05) is 6.61 Å². The summed E-state index contributed by atoms with van der Waals surface area (Å²) < 4.78 is 0. The normalized spacial score (nSPS) is 22.6. The molecule has 0 saturated heterocycles. The lowest BCUT2D eigenvalue weighted by Crippen LogP contribution is -2.40. The second-order valence-electron chi connectivity index (χ2n) is 4.13. The van der Waals surface area contributed by atoms with E-state index in [4.69, 9.17) is 5.11 Å². The third-order valence-electron chi connectivity index (χ3n) is 2.76. The summed E-state index contributed by atoms with van der Waals surface area (Å²) in [5.41, 5.74) is 1.11. The molecule has 0 aliphatic heterocycles. The first-order valence-electron chi connectivity index (χ1n) is 5.62. The van der Waals surface area contributed by atoms with Crippen LogP contribution in [0, 0.1) is 5.92 Å². The van der Waals surface area contributed by atoms with E-state index in [-0.39, 0.29) is 24.6 Å². The number of carbonyl (C=O) groups excluding carboxylic acids is 1. The van der Waals surface area contributed by atoms with Crippen molar-refractivity contribution in [3.63, 3.8) is 0 Å². The number of amides is 2. The van der Waals surface area contributed by atoms with Crippen LogP contribution in [-0.2, 0) is 6.54 Å². The van der Waals surface area contributed by atoms with Crippen molar-refractivity contribution in [1.29, 1.82) is 0 Å². The molecule has 1 aliphatic rings.